The van der Waals surface area contributed by atoms with E-state index in [1.54, 1.807) is 0 Å². The summed E-state index contributed by atoms with van der Waals surface area (Å²) >= 11 is 0. The second-order valence-corrected chi connectivity index (χ2v) is 15.8. The smallest absolute Gasteiger partial charge is 0.160 e. The first kappa shape index (κ1) is 34.9. The van der Waals surface area contributed by atoms with Crippen molar-refractivity contribution >= 4 is 54.1 Å². The van der Waals surface area contributed by atoms with Crippen LogP contribution in [0.25, 0.3) is 116 Å². The first-order chi connectivity index (χ1) is 30.2. The molecular weight excluding hydrogens is 739 g/mol. The predicted octanol–water partition coefficient (Wildman–Crippen LogP) is 15.4. The van der Waals surface area contributed by atoms with E-state index < -0.39 is 0 Å². The number of benzene rings is 10. The lowest BCUT2D eigenvalue weighted by atomic mass is 9.89. The van der Waals surface area contributed by atoms with Gasteiger partial charge in [0.15, 0.2) is 5.82 Å². The molecule has 0 saturated heterocycles. The quantitative estimate of drug-likeness (QED) is 0.124. The Bertz CT molecular complexity index is 3610. The van der Waals surface area contributed by atoms with Crippen LogP contribution in [0.5, 0.6) is 0 Å². The Morgan fingerprint density at radius 2 is 0.820 bits per heavy atom. The van der Waals surface area contributed by atoms with Crippen molar-refractivity contribution in [2.75, 3.05) is 0 Å². The van der Waals surface area contributed by atoms with Crippen LogP contribution < -0.4 is 0 Å². The van der Waals surface area contributed by atoms with Gasteiger partial charge < -0.3 is 4.57 Å². The lowest BCUT2D eigenvalue weighted by Gasteiger charge is -2.15. The molecule has 0 saturated carbocycles. The molecule has 0 radical (unpaired) electrons. The molecule has 284 valence electrons. The zero-order valence-electron chi connectivity index (χ0n) is 33.2. The first-order valence-electron chi connectivity index (χ1n) is 20.8. The largest absolute Gasteiger partial charge is 0.309 e. The number of fused-ring (bicyclic) bond motifs is 7. The Balaban J connectivity index is 0.941. The van der Waals surface area contributed by atoms with Gasteiger partial charge in [-0.3, -0.25) is 0 Å². The number of hydrogen-bond donors (Lipinski definition) is 0. The summed E-state index contributed by atoms with van der Waals surface area (Å²) in [5.41, 5.74) is 13.1. The summed E-state index contributed by atoms with van der Waals surface area (Å²) in [6.45, 7) is 0. The maximum Gasteiger partial charge on any atom is 0.160 e. The van der Waals surface area contributed by atoms with Gasteiger partial charge in [0, 0.05) is 33.2 Å². The van der Waals surface area contributed by atoms with Gasteiger partial charge in [0.2, 0.25) is 0 Å². The van der Waals surface area contributed by atoms with E-state index in [-0.39, 0.29) is 0 Å². The SMILES string of the molecule is c1ccc(-c2cc(-c3ccc(-c4ccc5c6ccccc6n(-c6ccccc6)c5c4)cc3)nc(-c3ccc(-c4c5ccccc5cc5c4ccc4ccccc45)cc3)n2)cc1. The summed E-state index contributed by atoms with van der Waals surface area (Å²) in [5.74, 6) is 0.694. The van der Waals surface area contributed by atoms with Crippen LogP contribution in [0.3, 0.4) is 0 Å². The molecule has 61 heavy (non-hydrogen) atoms. The maximum atomic E-state index is 5.23. The van der Waals surface area contributed by atoms with Crippen LogP contribution >= 0.6 is 0 Å². The zero-order chi connectivity index (χ0) is 40.3. The number of rotatable bonds is 6. The molecule has 12 aromatic rings. The molecule has 0 bridgehead atoms. The van der Waals surface area contributed by atoms with Crippen molar-refractivity contribution in [3.8, 4) is 61.8 Å². The van der Waals surface area contributed by atoms with E-state index in [2.05, 4.69) is 223 Å². The molecule has 0 aliphatic carbocycles. The van der Waals surface area contributed by atoms with E-state index in [1.807, 2.05) is 6.07 Å². The van der Waals surface area contributed by atoms with Crippen LogP contribution in [0.4, 0.5) is 0 Å². The summed E-state index contributed by atoms with van der Waals surface area (Å²) in [6, 6.07) is 80.4. The minimum atomic E-state index is 0.694. The lowest BCUT2D eigenvalue weighted by Crippen LogP contribution is -1.96. The van der Waals surface area contributed by atoms with E-state index in [0.29, 0.717) is 5.82 Å². The van der Waals surface area contributed by atoms with Crippen LogP contribution in [0.15, 0.2) is 224 Å². The van der Waals surface area contributed by atoms with Gasteiger partial charge in [0.25, 0.3) is 0 Å². The highest BCUT2D eigenvalue weighted by Crippen LogP contribution is 2.41. The standard InChI is InChI=1S/C58H37N3/c1-3-14-40(15-4-1)53-37-54(41-25-23-38(24-26-41)44-32-33-50-49-21-11-12-22-55(49)61(56(50)36-44)46-17-5-2-6-18-46)60-58(59-53)43-29-27-42(28-30-43)57-48-20-10-8-16-45(48)35-52-47-19-9-7-13-39(47)31-34-51(52)57/h1-37H. The third kappa shape index (κ3) is 5.98. The molecule has 12 rings (SSSR count). The van der Waals surface area contributed by atoms with Gasteiger partial charge in [0.1, 0.15) is 0 Å². The van der Waals surface area contributed by atoms with Gasteiger partial charge in [0.05, 0.1) is 22.4 Å². The van der Waals surface area contributed by atoms with Crippen LogP contribution in [0, 0.1) is 0 Å². The van der Waals surface area contributed by atoms with Gasteiger partial charge in [-0.15, -0.1) is 0 Å². The summed E-state index contributed by atoms with van der Waals surface area (Å²) < 4.78 is 2.37. The first-order valence-corrected chi connectivity index (χ1v) is 20.8. The molecule has 0 spiro atoms. The number of nitrogens with zero attached hydrogens (tertiary/aromatic N) is 3. The Morgan fingerprint density at radius 1 is 0.279 bits per heavy atom. The van der Waals surface area contributed by atoms with Crippen LogP contribution in [0.2, 0.25) is 0 Å². The van der Waals surface area contributed by atoms with Crippen molar-refractivity contribution in [2.24, 2.45) is 0 Å². The summed E-state index contributed by atoms with van der Waals surface area (Å²) in [5, 5.41) is 10.00. The predicted molar refractivity (Wildman–Crippen MR) is 256 cm³/mol. The Kier molecular flexibility index (Phi) is 8.17. The molecule has 3 nitrogen and oxygen atoms in total. The monoisotopic (exact) mass is 775 g/mol. The molecule has 2 aromatic heterocycles. The van der Waals surface area contributed by atoms with Gasteiger partial charge in [-0.1, -0.05) is 188 Å². The molecule has 3 heteroatoms. The molecule has 0 amide bonds. The summed E-state index contributed by atoms with van der Waals surface area (Å²) in [6.07, 6.45) is 0. The second-order valence-electron chi connectivity index (χ2n) is 15.8. The number of hydrogen-bond acceptors (Lipinski definition) is 2. The van der Waals surface area contributed by atoms with Crippen molar-refractivity contribution in [3.05, 3.63) is 224 Å². The summed E-state index contributed by atoms with van der Waals surface area (Å²) in [4.78, 5) is 10.4. The Morgan fingerprint density at radius 3 is 1.59 bits per heavy atom. The van der Waals surface area contributed by atoms with Crippen molar-refractivity contribution in [1.29, 1.82) is 0 Å². The highest BCUT2D eigenvalue weighted by Gasteiger charge is 2.16. The minimum absolute atomic E-state index is 0.694. The van der Waals surface area contributed by atoms with Crippen LogP contribution in [-0.4, -0.2) is 14.5 Å². The van der Waals surface area contributed by atoms with E-state index in [9.17, 15) is 0 Å². The van der Waals surface area contributed by atoms with Crippen LogP contribution in [-0.2, 0) is 0 Å². The molecule has 0 atom stereocenters. The molecule has 10 aromatic carbocycles. The fourth-order valence-electron chi connectivity index (χ4n) is 9.24. The van der Waals surface area contributed by atoms with Gasteiger partial charge in [-0.2, -0.15) is 0 Å². The third-order valence-electron chi connectivity index (χ3n) is 12.2. The Hall–Kier alpha value is -8.14. The molecule has 0 N–H and O–H groups in total. The van der Waals surface area contributed by atoms with E-state index in [4.69, 9.17) is 9.97 Å². The highest BCUT2D eigenvalue weighted by atomic mass is 15.0. The van der Waals surface area contributed by atoms with Gasteiger partial charge >= 0.3 is 0 Å². The van der Waals surface area contributed by atoms with Gasteiger partial charge in [-0.05, 0) is 91.0 Å². The lowest BCUT2D eigenvalue weighted by molar-refractivity contribution is 1.18. The molecule has 0 unspecified atom stereocenters. The second kappa shape index (κ2) is 14.3. The molecule has 0 fully saturated rings. The average Bonchev–Trinajstić information content (AvgIpc) is 3.67. The topological polar surface area (TPSA) is 30.7 Å². The molecule has 0 aliphatic rings. The molecule has 0 aliphatic heterocycles. The van der Waals surface area contributed by atoms with Crippen molar-refractivity contribution < 1.29 is 0 Å². The summed E-state index contributed by atoms with van der Waals surface area (Å²) in [7, 11) is 0. The number of aromatic nitrogens is 3. The van der Waals surface area contributed by atoms with E-state index in [1.165, 1.54) is 65.3 Å². The highest BCUT2D eigenvalue weighted by molar-refractivity contribution is 6.20. The average molecular weight is 776 g/mol. The van der Waals surface area contributed by atoms with E-state index in [0.717, 1.165) is 44.9 Å². The molecule has 2 heterocycles. The normalized spacial score (nSPS) is 11.6. The van der Waals surface area contributed by atoms with Gasteiger partial charge in [-0.25, -0.2) is 9.97 Å². The van der Waals surface area contributed by atoms with Crippen molar-refractivity contribution in [2.45, 2.75) is 0 Å². The Labute approximate surface area is 353 Å². The fourth-order valence-corrected chi connectivity index (χ4v) is 9.24. The zero-order valence-corrected chi connectivity index (χ0v) is 33.2. The number of para-hydroxylation sites is 2. The fraction of sp³-hybridized carbons (Fsp3) is 0. The third-order valence-corrected chi connectivity index (χ3v) is 12.2. The minimum Gasteiger partial charge on any atom is -0.309 e. The van der Waals surface area contributed by atoms with Crippen molar-refractivity contribution in [1.82, 2.24) is 14.5 Å². The maximum absolute atomic E-state index is 5.23. The van der Waals surface area contributed by atoms with E-state index >= 15 is 0 Å². The van der Waals surface area contributed by atoms with Crippen LogP contribution in [0.1, 0.15) is 0 Å². The molecular formula is C58H37N3. The van der Waals surface area contributed by atoms with Crippen molar-refractivity contribution in [3.63, 3.8) is 0 Å².